The molecule has 0 saturated heterocycles. The average Bonchev–Trinajstić information content (AvgIpc) is 2.13. The van der Waals surface area contributed by atoms with Gasteiger partial charge in [0.2, 0.25) is 0 Å². The van der Waals surface area contributed by atoms with E-state index in [1.807, 2.05) is 0 Å². The first-order valence-electron chi connectivity index (χ1n) is 3.56. The number of aromatic hydroxyl groups is 2. The lowest BCUT2D eigenvalue weighted by Crippen LogP contribution is -1.77. The number of hydrogen-bond donors (Lipinski definition) is 3. The third kappa shape index (κ3) is 6.86. The molecular formula is C9H12O4. The van der Waals surface area contributed by atoms with Gasteiger partial charge in [0.25, 0.3) is 0 Å². The molecule has 0 heterocycles. The van der Waals surface area contributed by atoms with Gasteiger partial charge in [-0.15, -0.1) is 6.58 Å². The normalized spacial score (nSPS) is 8.38. The Hall–Kier alpha value is -1.52. The largest absolute Gasteiger partial charge is 0.508 e. The molecule has 4 nitrogen and oxygen atoms in total. The highest BCUT2D eigenvalue weighted by molar-refractivity contribution is 5.28. The average molecular weight is 184 g/mol. The summed E-state index contributed by atoms with van der Waals surface area (Å²) in [6, 6.07) is 5.70. The Bertz CT molecular complexity index is 209. The third-order valence-corrected chi connectivity index (χ3v) is 1.04. The monoisotopic (exact) mass is 184 g/mol. The summed E-state index contributed by atoms with van der Waals surface area (Å²) in [7, 11) is 0. The Morgan fingerprint density at radius 1 is 1.15 bits per heavy atom. The van der Waals surface area contributed by atoms with Gasteiger partial charge in [-0.1, -0.05) is 6.08 Å². The summed E-state index contributed by atoms with van der Waals surface area (Å²) in [6.07, 6.45) is 1.46. The second kappa shape index (κ2) is 7.15. The van der Waals surface area contributed by atoms with E-state index in [0.717, 1.165) is 0 Å². The van der Waals surface area contributed by atoms with E-state index in [9.17, 15) is 0 Å². The predicted molar refractivity (Wildman–Crippen MR) is 48.5 cm³/mol. The van der Waals surface area contributed by atoms with Crippen molar-refractivity contribution < 1.29 is 20.4 Å². The van der Waals surface area contributed by atoms with Crippen molar-refractivity contribution in [2.24, 2.45) is 0 Å². The zero-order valence-corrected chi connectivity index (χ0v) is 7.05. The van der Waals surface area contributed by atoms with Gasteiger partial charge in [-0.3, -0.25) is 5.26 Å². The number of rotatable bonds is 2. The Balaban J connectivity index is 0.000000252. The molecular weight excluding hydrogens is 172 g/mol. The van der Waals surface area contributed by atoms with E-state index < -0.39 is 0 Å². The summed E-state index contributed by atoms with van der Waals surface area (Å²) >= 11 is 0. The third-order valence-electron chi connectivity index (χ3n) is 1.04. The van der Waals surface area contributed by atoms with Crippen molar-refractivity contribution in [1.29, 1.82) is 0 Å². The van der Waals surface area contributed by atoms with E-state index in [1.165, 1.54) is 30.3 Å². The van der Waals surface area contributed by atoms with Crippen LogP contribution in [0.15, 0.2) is 36.9 Å². The zero-order chi connectivity index (χ0) is 10.1. The molecule has 0 aliphatic rings. The Morgan fingerprint density at radius 2 is 1.54 bits per heavy atom. The van der Waals surface area contributed by atoms with Gasteiger partial charge in [-0.05, 0) is 24.3 Å². The van der Waals surface area contributed by atoms with Crippen molar-refractivity contribution in [2.75, 3.05) is 6.61 Å². The van der Waals surface area contributed by atoms with Crippen LogP contribution in [-0.2, 0) is 4.89 Å². The predicted octanol–water partition coefficient (Wildman–Crippen LogP) is 1.76. The van der Waals surface area contributed by atoms with Crippen LogP contribution in [0.2, 0.25) is 0 Å². The van der Waals surface area contributed by atoms with Crippen LogP contribution < -0.4 is 0 Å². The highest BCUT2D eigenvalue weighted by atomic mass is 17.1. The summed E-state index contributed by atoms with van der Waals surface area (Å²) in [5, 5.41) is 24.8. The summed E-state index contributed by atoms with van der Waals surface area (Å²) in [6.45, 7) is 3.47. The molecule has 0 bridgehead atoms. The molecule has 4 heteroatoms. The minimum atomic E-state index is 0.169. The van der Waals surface area contributed by atoms with Crippen molar-refractivity contribution in [3.63, 3.8) is 0 Å². The molecule has 1 rings (SSSR count). The minimum Gasteiger partial charge on any atom is -0.508 e. The summed E-state index contributed by atoms with van der Waals surface area (Å²) < 4.78 is 0. The van der Waals surface area contributed by atoms with E-state index in [2.05, 4.69) is 11.5 Å². The zero-order valence-electron chi connectivity index (χ0n) is 7.05. The lowest BCUT2D eigenvalue weighted by Gasteiger charge is -1.88. The van der Waals surface area contributed by atoms with Gasteiger partial charge >= 0.3 is 0 Å². The van der Waals surface area contributed by atoms with E-state index >= 15 is 0 Å². The van der Waals surface area contributed by atoms with Gasteiger partial charge in [0.05, 0.1) is 6.61 Å². The van der Waals surface area contributed by atoms with Gasteiger partial charge in [0, 0.05) is 0 Å². The first-order chi connectivity index (χ1) is 6.20. The molecule has 0 aromatic heterocycles. The van der Waals surface area contributed by atoms with Crippen molar-refractivity contribution in [2.45, 2.75) is 0 Å². The van der Waals surface area contributed by atoms with Crippen molar-refractivity contribution >= 4 is 0 Å². The minimum absolute atomic E-state index is 0.169. The van der Waals surface area contributed by atoms with Gasteiger partial charge in [-0.25, -0.2) is 4.89 Å². The van der Waals surface area contributed by atoms with E-state index in [1.54, 1.807) is 0 Å². The smallest absolute Gasteiger partial charge is 0.115 e. The fourth-order valence-electron chi connectivity index (χ4n) is 0.505. The molecule has 1 aromatic carbocycles. The standard InChI is InChI=1S/C6H6O2.C3H6O2/c7-5-1-2-6(8)4-3-5;1-2-3-5-4/h1-4,7-8H;2,4H,1,3H2. The number of phenols is 2. The molecule has 0 saturated carbocycles. The summed E-state index contributed by atoms with van der Waals surface area (Å²) in [5.41, 5.74) is 0. The van der Waals surface area contributed by atoms with Crippen LogP contribution in [0.4, 0.5) is 0 Å². The number of phenolic OH excluding ortho intramolecular Hbond substituents is 2. The van der Waals surface area contributed by atoms with Crippen LogP contribution in [0.3, 0.4) is 0 Å². The second-order valence-electron chi connectivity index (χ2n) is 2.10. The molecule has 0 aliphatic heterocycles. The molecule has 0 radical (unpaired) electrons. The van der Waals surface area contributed by atoms with Crippen LogP contribution in [-0.4, -0.2) is 22.1 Å². The lowest BCUT2D eigenvalue weighted by atomic mass is 10.3. The molecule has 0 atom stereocenters. The SMILES string of the molecule is C=CCOO.Oc1ccc(O)cc1. The lowest BCUT2D eigenvalue weighted by molar-refractivity contribution is -0.231. The summed E-state index contributed by atoms with van der Waals surface area (Å²) in [4.78, 5) is 3.57. The highest BCUT2D eigenvalue weighted by Gasteiger charge is 1.84. The van der Waals surface area contributed by atoms with Gasteiger partial charge < -0.3 is 10.2 Å². The van der Waals surface area contributed by atoms with E-state index in [-0.39, 0.29) is 18.1 Å². The maximum atomic E-state index is 8.65. The van der Waals surface area contributed by atoms with Crippen molar-refractivity contribution in [1.82, 2.24) is 0 Å². The topological polar surface area (TPSA) is 69.9 Å². The van der Waals surface area contributed by atoms with Gasteiger partial charge in [0.1, 0.15) is 11.5 Å². The fraction of sp³-hybridized carbons (Fsp3) is 0.111. The molecule has 0 unspecified atom stereocenters. The molecule has 0 amide bonds. The van der Waals surface area contributed by atoms with Crippen LogP contribution >= 0.6 is 0 Å². The Labute approximate surface area is 76.3 Å². The molecule has 0 fully saturated rings. The molecule has 3 N–H and O–H groups in total. The van der Waals surface area contributed by atoms with Crippen LogP contribution in [0.5, 0.6) is 11.5 Å². The van der Waals surface area contributed by atoms with Crippen molar-refractivity contribution in [3.8, 4) is 11.5 Å². The Morgan fingerprint density at radius 3 is 1.69 bits per heavy atom. The van der Waals surface area contributed by atoms with E-state index in [4.69, 9.17) is 15.5 Å². The van der Waals surface area contributed by atoms with Gasteiger partial charge in [-0.2, -0.15) is 0 Å². The fourth-order valence-corrected chi connectivity index (χ4v) is 0.505. The van der Waals surface area contributed by atoms with E-state index in [0.29, 0.717) is 0 Å². The molecule has 0 aliphatic carbocycles. The second-order valence-corrected chi connectivity index (χ2v) is 2.10. The Kier molecular flexibility index (Phi) is 6.31. The first-order valence-corrected chi connectivity index (χ1v) is 3.56. The molecule has 0 spiro atoms. The quantitative estimate of drug-likeness (QED) is 0.283. The molecule has 72 valence electrons. The number of hydrogen-bond acceptors (Lipinski definition) is 4. The van der Waals surface area contributed by atoms with Gasteiger partial charge in [0.15, 0.2) is 0 Å². The summed E-state index contributed by atoms with van der Waals surface area (Å²) in [5.74, 6) is 0.339. The highest BCUT2D eigenvalue weighted by Crippen LogP contribution is 2.13. The molecule has 1 aromatic rings. The maximum Gasteiger partial charge on any atom is 0.115 e. The van der Waals surface area contributed by atoms with Crippen LogP contribution in [0.25, 0.3) is 0 Å². The van der Waals surface area contributed by atoms with Crippen LogP contribution in [0, 0.1) is 0 Å². The number of benzene rings is 1. The first kappa shape index (κ1) is 11.5. The van der Waals surface area contributed by atoms with Crippen molar-refractivity contribution in [3.05, 3.63) is 36.9 Å². The maximum absolute atomic E-state index is 8.65. The molecule has 13 heavy (non-hydrogen) atoms. The van der Waals surface area contributed by atoms with Crippen LogP contribution in [0.1, 0.15) is 0 Å².